The van der Waals surface area contributed by atoms with Crippen molar-refractivity contribution < 1.29 is 4.79 Å². The van der Waals surface area contributed by atoms with E-state index in [-0.39, 0.29) is 5.91 Å². The number of imidazole rings is 1. The molecule has 3 aromatic rings. The van der Waals surface area contributed by atoms with Crippen LogP contribution in [0.25, 0.3) is 11.4 Å². The molecule has 0 aliphatic heterocycles. The van der Waals surface area contributed by atoms with Crippen LogP contribution >= 0.6 is 0 Å². The van der Waals surface area contributed by atoms with Crippen LogP contribution in [0.4, 0.5) is 0 Å². The average Bonchev–Trinajstić information content (AvgIpc) is 3.21. The molecule has 0 bridgehead atoms. The van der Waals surface area contributed by atoms with Gasteiger partial charge in [0.25, 0.3) is 5.91 Å². The summed E-state index contributed by atoms with van der Waals surface area (Å²) < 4.78 is 1.97. The predicted molar refractivity (Wildman–Crippen MR) is 92.7 cm³/mol. The van der Waals surface area contributed by atoms with Gasteiger partial charge in [0, 0.05) is 36.7 Å². The van der Waals surface area contributed by atoms with Crippen LogP contribution in [-0.4, -0.2) is 32.2 Å². The number of rotatable bonds is 6. The molecular formula is C18H21N5O. The third-order valence-corrected chi connectivity index (χ3v) is 3.86. The topological polar surface area (TPSA) is 75.6 Å². The Kier molecular flexibility index (Phi) is 4.74. The van der Waals surface area contributed by atoms with Crippen LogP contribution in [0, 0.1) is 13.8 Å². The van der Waals surface area contributed by atoms with E-state index in [4.69, 9.17) is 0 Å². The van der Waals surface area contributed by atoms with Gasteiger partial charge in [-0.05, 0) is 32.4 Å². The molecule has 6 nitrogen and oxygen atoms in total. The van der Waals surface area contributed by atoms with Gasteiger partial charge in [-0.2, -0.15) is 5.10 Å². The molecule has 3 rings (SSSR count). The second-order valence-electron chi connectivity index (χ2n) is 5.74. The molecule has 0 saturated heterocycles. The normalized spacial score (nSPS) is 10.8. The standard InChI is InChI=1S/C18H21N5O/c1-13-12-14(2)23(22-13)11-5-8-21-18(24)16-7-4-3-6-15(16)17-19-9-10-20-17/h3-4,6-7,9-10,12H,5,8,11H2,1-2H3,(H,19,20)(H,21,24). The van der Waals surface area contributed by atoms with Gasteiger partial charge in [0.15, 0.2) is 0 Å². The Hall–Kier alpha value is -2.89. The summed E-state index contributed by atoms with van der Waals surface area (Å²) in [5.74, 6) is 0.610. The lowest BCUT2D eigenvalue weighted by Gasteiger charge is -2.09. The summed E-state index contributed by atoms with van der Waals surface area (Å²) in [7, 11) is 0. The molecule has 2 aromatic heterocycles. The molecule has 0 fully saturated rings. The van der Waals surface area contributed by atoms with Gasteiger partial charge < -0.3 is 10.3 Å². The third kappa shape index (κ3) is 3.53. The Balaban J connectivity index is 1.59. The van der Waals surface area contributed by atoms with E-state index in [1.165, 1.54) is 0 Å². The maximum Gasteiger partial charge on any atom is 0.252 e. The van der Waals surface area contributed by atoms with E-state index in [0.717, 1.165) is 29.9 Å². The van der Waals surface area contributed by atoms with E-state index in [2.05, 4.69) is 26.4 Å². The monoisotopic (exact) mass is 323 g/mol. The highest BCUT2D eigenvalue weighted by molar-refractivity contribution is 6.00. The summed E-state index contributed by atoms with van der Waals surface area (Å²) in [6, 6.07) is 9.52. The van der Waals surface area contributed by atoms with Crippen LogP contribution in [0.5, 0.6) is 0 Å². The lowest BCUT2D eigenvalue weighted by Crippen LogP contribution is -2.26. The fourth-order valence-corrected chi connectivity index (χ4v) is 2.73. The number of amides is 1. The van der Waals surface area contributed by atoms with Crippen LogP contribution in [0.15, 0.2) is 42.7 Å². The molecule has 0 unspecified atom stereocenters. The third-order valence-electron chi connectivity index (χ3n) is 3.86. The zero-order valence-electron chi connectivity index (χ0n) is 13.9. The molecule has 6 heteroatoms. The number of benzene rings is 1. The smallest absolute Gasteiger partial charge is 0.252 e. The highest BCUT2D eigenvalue weighted by Crippen LogP contribution is 2.19. The summed E-state index contributed by atoms with van der Waals surface area (Å²) in [6.45, 7) is 5.42. The minimum Gasteiger partial charge on any atom is -0.352 e. The zero-order chi connectivity index (χ0) is 16.9. The second kappa shape index (κ2) is 7.12. The van der Waals surface area contributed by atoms with Gasteiger partial charge in [-0.15, -0.1) is 0 Å². The summed E-state index contributed by atoms with van der Waals surface area (Å²) in [4.78, 5) is 19.7. The molecule has 0 spiro atoms. The van der Waals surface area contributed by atoms with Crippen molar-refractivity contribution in [3.05, 3.63) is 59.7 Å². The van der Waals surface area contributed by atoms with E-state index in [0.29, 0.717) is 17.9 Å². The van der Waals surface area contributed by atoms with Crippen LogP contribution in [0.2, 0.25) is 0 Å². The Morgan fingerprint density at radius 1 is 1.29 bits per heavy atom. The first-order valence-corrected chi connectivity index (χ1v) is 8.03. The van der Waals surface area contributed by atoms with E-state index in [1.54, 1.807) is 12.4 Å². The van der Waals surface area contributed by atoms with Crippen LogP contribution in [0.3, 0.4) is 0 Å². The average molecular weight is 323 g/mol. The SMILES string of the molecule is Cc1cc(C)n(CCCNC(=O)c2ccccc2-c2ncc[nH]2)n1. The minimum absolute atomic E-state index is 0.0876. The van der Waals surface area contributed by atoms with Crippen molar-refractivity contribution in [2.45, 2.75) is 26.8 Å². The fraction of sp³-hybridized carbons (Fsp3) is 0.278. The summed E-state index contributed by atoms with van der Waals surface area (Å²) in [6.07, 6.45) is 4.26. The highest BCUT2D eigenvalue weighted by atomic mass is 16.1. The molecule has 2 heterocycles. The molecule has 124 valence electrons. The summed E-state index contributed by atoms with van der Waals surface area (Å²) in [5, 5.41) is 7.40. The van der Waals surface area contributed by atoms with Crippen molar-refractivity contribution in [3.63, 3.8) is 0 Å². The number of aromatic nitrogens is 4. The molecule has 1 amide bonds. The van der Waals surface area contributed by atoms with Crippen LogP contribution in [-0.2, 0) is 6.54 Å². The van der Waals surface area contributed by atoms with Gasteiger partial charge in [0.2, 0.25) is 0 Å². The van der Waals surface area contributed by atoms with E-state index < -0.39 is 0 Å². The first-order valence-electron chi connectivity index (χ1n) is 8.03. The summed E-state index contributed by atoms with van der Waals surface area (Å²) in [5.41, 5.74) is 3.59. The fourth-order valence-electron chi connectivity index (χ4n) is 2.73. The maximum atomic E-state index is 12.5. The second-order valence-corrected chi connectivity index (χ2v) is 5.74. The highest BCUT2D eigenvalue weighted by Gasteiger charge is 2.13. The molecule has 2 N–H and O–H groups in total. The van der Waals surface area contributed by atoms with E-state index in [1.807, 2.05) is 42.8 Å². The van der Waals surface area contributed by atoms with Crippen molar-refractivity contribution in [2.75, 3.05) is 6.54 Å². The molecule has 0 radical (unpaired) electrons. The molecule has 24 heavy (non-hydrogen) atoms. The molecule has 0 atom stereocenters. The number of nitrogens with one attached hydrogen (secondary N) is 2. The number of hydrogen-bond donors (Lipinski definition) is 2. The maximum absolute atomic E-state index is 12.5. The first kappa shape index (κ1) is 16.0. The molecule has 1 aromatic carbocycles. The van der Waals surface area contributed by atoms with Gasteiger partial charge in [-0.1, -0.05) is 18.2 Å². The van der Waals surface area contributed by atoms with Gasteiger partial charge in [-0.3, -0.25) is 9.48 Å². The number of carbonyl (C=O) groups is 1. The van der Waals surface area contributed by atoms with E-state index >= 15 is 0 Å². The van der Waals surface area contributed by atoms with Crippen LogP contribution < -0.4 is 5.32 Å². The zero-order valence-corrected chi connectivity index (χ0v) is 13.9. The number of aromatic amines is 1. The largest absolute Gasteiger partial charge is 0.352 e. The number of nitrogens with zero attached hydrogens (tertiary/aromatic N) is 3. The first-order chi connectivity index (χ1) is 11.6. The lowest BCUT2D eigenvalue weighted by atomic mass is 10.1. The number of carbonyl (C=O) groups excluding carboxylic acids is 1. The van der Waals surface area contributed by atoms with Gasteiger partial charge in [-0.25, -0.2) is 4.98 Å². The quantitative estimate of drug-likeness (QED) is 0.685. The Morgan fingerprint density at radius 2 is 2.12 bits per heavy atom. The van der Waals surface area contributed by atoms with Gasteiger partial charge in [0.05, 0.1) is 11.3 Å². The predicted octanol–water partition coefficient (Wildman–Crippen LogP) is 2.71. The number of H-pyrrole nitrogens is 1. The Bertz CT molecular complexity index is 820. The van der Waals surface area contributed by atoms with Gasteiger partial charge in [0.1, 0.15) is 5.82 Å². The van der Waals surface area contributed by atoms with Crippen molar-refractivity contribution >= 4 is 5.91 Å². The van der Waals surface area contributed by atoms with E-state index in [9.17, 15) is 4.79 Å². The van der Waals surface area contributed by atoms with Crippen molar-refractivity contribution in [2.24, 2.45) is 0 Å². The molecule has 0 aliphatic rings. The van der Waals surface area contributed by atoms with Crippen molar-refractivity contribution in [1.29, 1.82) is 0 Å². The Morgan fingerprint density at radius 3 is 2.83 bits per heavy atom. The number of aryl methyl sites for hydroxylation is 3. The minimum atomic E-state index is -0.0876. The molecule has 0 saturated carbocycles. The number of hydrogen-bond acceptors (Lipinski definition) is 3. The lowest BCUT2D eigenvalue weighted by molar-refractivity contribution is 0.0953. The van der Waals surface area contributed by atoms with Gasteiger partial charge >= 0.3 is 0 Å². The van der Waals surface area contributed by atoms with Crippen LogP contribution in [0.1, 0.15) is 28.2 Å². The Labute approximate surface area is 140 Å². The summed E-state index contributed by atoms with van der Waals surface area (Å²) >= 11 is 0. The van der Waals surface area contributed by atoms with Crippen molar-refractivity contribution in [3.8, 4) is 11.4 Å². The molecular weight excluding hydrogens is 302 g/mol. The van der Waals surface area contributed by atoms with Crippen molar-refractivity contribution in [1.82, 2.24) is 25.1 Å². The molecule has 0 aliphatic carbocycles.